The number of nitrogens with one attached hydrogen (secondary N) is 1. The maximum atomic E-state index is 13.3. The van der Waals surface area contributed by atoms with Crippen molar-refractivity contribution in [1.82, 2.24) is 5.32 Å². The van der Waals surface area contributed by atoms with E-state index in [0.717, 1.165) is 36.3 Å². The fourth-order valence-corrected chi connectivity index (χ4v) is 4.66. The third kappa shape index (κ3) is 11.5. The Morgan fingerprint density at radius 2 is 1.82 bits per heavy atom. The van der Waals surface area contributed by atoms with E-state index in [0.29, 0.717) is 30.6 Å². The Balaban J connectivity index is 2.98. The summed E-state index contributed by atoms with van der Waals surface area (Å²) in [5, 5.41) is 2.99. The number of esters is 1. The molecule has 33 heavy (non-hydrogen) atoms. The van der Waals surface area contributed by atoms with Crippen LogP contribution in [0.4, 0.5) is 0 Å². The minimum Gasteiger partial charge on any atom is -0.467 e. The molecule has 4 nitrogen and oxygen atoms in total. The molecule has 186 valence electrons. The van der Waals surface area contributed by atoms with Crippen molar-refractivity contribution in [3.63, 3.8) is 0 Å². The molecule has 0 radical (unpaired) electrons. The van der Waals surface area contributed by atoms with Crippen LogP contribution in [0.25, 0.3) is 0 Å². The lowest BCUT2D eigenvalue weighted by atomic mass is 9.84. The van der Waals surface area contributed by atoms with Crippen molar-refractivity contribution < 1.29 is 14.3 Å². The summed E-state index contributed by atoms with van der Waals surface area (Å²) in [7, 11) is 1.37. The molecule has 0 aliphatic carbocycles. The highest BCUT2D eigenvalue weighted by atomic mass is 32.2. The lowest BCUT2D eigenvalue weighted by Crippen LogP contribution is -2.45. The van der Waals surface area contributed by atoms with Gasteiger partial charge in [0.15, 0.2) is 0 Å². The highest BCUT2D eigenvalue weighted by Crippen LogP contribution is 2.25. The molecular weight excluding hydrogens is 450 g/mol. The molecule has 1 aromatic rings. The van der Waals surface area contributed by atoms with Gasteiger partial charge >= 0.3 is 5.97 Å². The number of hydrogen-bond acceptors (Lipinski definition) is 5. The number of carbonyl (C=O) groups excluding carboxylic acids is 2. The van der Waals surface area contributed by atoms with Crippen LogP contribution in [0.2, 0.25) is 0 Å². The van der Waals surface area contributed by atoms with Gasteiger partial charge in [0.05, 0.1) is 7.11 Å². The van der Waals surface area contributed by atoms with Crippen LogP contribution in [0.15, 0.2) is 42.5 Å². The van der Waals surface area contributed by atoms with Crippen LogP contribution in [0.5, 0.6) is 0 Å². The van der Waals surface area contributed by atoms with E-state index in [2.05, 4.69) is 63.0 Å². The maximum Gasteiger partial charge on any atom is 0.328 e. The molecule has 0 heterocycles. The number of hydrogen-bond donors (Lipinski definition) is 2. The zero-order valence-corrected chi connectivity index (χ0v) is 22.7. The standard InChI is InChI=1S/C27H43NO3S2/c1-6-21(19-32)12-13-23(20(2)3)14-15-24(18-22-10-8-7-9-11-22)26(29)28-25(16-17-33-5)27(30)31-4/h7-13,20-21,23-25,32H,6,14-19H2,1-5H3,(H,28,29)/b13-12+. The number of rotatable bonds is 16. The first kappa shape index (κ1) is 29.6. The summed E-state index contributed by atoms with van der Waals surface area (Å²) in [6.45, 7) is 6.65. The zero-order chi connectivity index (χ0) is 24.6. The predicted molar refractivity (Wildman–Crippen MR) is 145 cm³/mol. The van der Waals surface area contributed by atoms with E-state index in [-0.39, 0.29) is 17.8 Å². The van der Waals surface area contributed by atoms with E-state index < -0.39 is 6.04 Å². The SMILES string of the molecule is CCC(/C=C/C(CCC(Cc1ccccc1)C(=O)NC(CCSC)C(=O)OC)C(C)C)CS. The minimum absolute atomic E-state index is 0.0661. The van der Waals surface area contributed by atoms with Gasteiger partial charge in [-0.25, -0.2) is 4.79 Å². The van der Waals surface area contributed by atoms with Crippen molar-refractivity contribution in [3.8, 4) is 0 Å². The summed E-state index contributed by atoms with van der Waals surface area (Å²) in [6.07, 6.45) is 10.6. The fraction of sp³-hybridized carbons (Fsp3) is 0.630. The Hall–Kier alpha value is -1.40. The number of thioether (sulfide) groups is 1. The van der Waals surface area contributed by atoms with Crippen molar-refractivity contribution >= 4 is 36.3 Å². The quantitative estimate of drug-likeness (QED) is 0.173. The smallest absolute Gasteiger partial charge is 0.328 e. The lowest BCUT2D eigenvalue weighted by Gasteiger charge is -2.24. The Bertz CT molecular complexity index is 705. The highest BCUT2D eigenvalue weighted by Gasteiger charge is 2.27. The molecule has 0 saturated heterocycles. The van der Waals surface area contributed by atoms with Crippen LogP contribution < -0.4 is 5.32 Å². The Kier molecular flexibility index (Phi) is 15.4. The number of carbonyl (C=O) groups is 2. The molecule has 0 saturated carbocycles. The number of thiol groups is 1. The highest BCUT2D eigenvalue weighted by molar-refractivity contribution is 7.98. The number of amides is 1. The van der Waals surface area contributed by atoms with E-state index in [4.69, 9.17) is 4.74 Å². The van der Waals surface area contributed by atoms with E-state index >= 15 is 0 Å². The molecule has 0 aromatic heterocycles. The third-order valence-electron chi connectivity index (χ3n) is 6.20. The molecule has 0 spiro atoms. The van der Waals surface area contributed by atoms with Crippen LogP contribution in [-0.2, 0) is 20.7 Å². The molecule has 1 amide bonds. The first-order valence-electron chi connectivity index (χ1n) is 12.1. The van der Waals surface area contributed by atoms with Crippen molar-refractivity contribution in [2.45, 2.75) is 58.9 Å². The van der Waals surface area contributed by atoms with Crippen LogP contribution in [-0.4, -0.2) is 42.8 Å². The van der Waals surface area contributed by atoms with Gasteiger partial charge in [0.1, 0.15) is 6.04 Å². The molecule has 0 bridgehead atoms. The molecule has 1 aromatic carbocycles. The van der Waals surface area contributed by atoms with Gasteiger partial charge in [-0.15, -0.1) is 0 Å². The summed E-state index contributed by atoms with van der Waals surface area (Å²) in [6, 6.07) is 9.51. The number of benzene rings is 1. The van der Waals surface area contributed by atoms with Gasteiger partial charge in [-0.05, 0) is 73.2 Å². The summed E-state index contributed by atoms with van der Waals surface area (Å²) < 4.78 is 4.94. The van der Waals surface area contributed by atoms with Crippen molar-refractivity contribution in [2.24, 2.45) is 23.7 Å². The van der Waals surface area contributed by atoms with E-state index in [1.165, 1.54) is 7.11 Å². The van der Waals surface area contributed by atoms with E-state index in [1.54, 1.807) is 11.8 Å². The Morgan fingerprint density at radius 3 is 2.36 bits per heavy atom. The van der Waals surface area contributed by atoms with Gasteiger partial charge < -0.3 is 10.1 Å². The predicted octanol–water partition coefficient (Wildman–Crippen LogP) is 5.82. The second kappa shape index (κ2) is 17.1. The molecule has 1 rings (SSSR count). The fourth-order valence-electron chi connectivity index (χ4n) is 3.81. The maximum absolute atomic E-state index is 13.3. The third-order valence-corrected chi connectivity index (χ3v) is 7.32. The Labute approximate surface area is 211 Å². The van der Waals surface area contributed by atoms with Gasteiger partial charge in [0.2, 0.25) is 5.91 Å². The number of methoxy groups -OCH3 is 1. The normalized spacial score (nSPS) is 15.2. The number of ether oxygens (including phenoxy) is 1. The molecular formula is C27H43NO3S2. The number of allylic oxidation sites excluding steroid dienone is 2. The summed E-state index contributed by atoms with van der Waals surface area (Å²) in [5.41, 5.74) is 1.13. The van der Waals surface area contributed by atoms with Crippen LogP contribution in [0.1, 0.15) is 52.0 Å². The molecule has 0 fully saturated rings. The molecule has 0 aliphatic heterocycles. The van der Waals surface area contributed by atoms with Crippen LogP contribution in [0.3, 0.4) is 0 Å². The zero-order valence-electron chi connectivity index (χ0n) is 21.0. The average molecular weight is 494 g/mol. The van der Waals surface area contributed by atoms with Crippen molar-refractivity contribution in [1.29, 1.82) is 0 Å². The minimum atomic E-state index is -0.602. The van der Waals surface area contributed by atoms with Crippen molar-refractivity contribution in [2.75, 3.05) is 24.9 Å². The second-order valence-corrected chi connectivity index (χ2v) is 10.3. The molecule has 4 atom stereocenters. The monoisotopic (exact) mass is 493 g/mol. The van der Waals surface area contributed by atoms with Gasteiger partial charge in [-0.1, -0.05) is 63.3 Å². The Morgan fingerprint density at radius 1 is 1.12 bits per heavy atom. The van der Waals surface area contributed by atoms with Gasteiger partial charge in [-0.3, -0.25) is 4.79 Å². The van der Waals surface area contributed by atoms with E-state index in [1.807, 2.05) is 24.5 Å². The first-order valence-corrected chi connectivity index (χ1v) is 14.1. The molecule has 6 heteroatoms. The largest absolute Gasteiger partial charge is 0.467 e. The van der Waals surface area contributed by atoms with Crippen molar-refractivity contribution in [3.05, 3.63) is 48.0 Å². The van der Waals surface area contributed by atoms with Crippen LogP contribution >= 0.6 is 24.4 Å². The van der Waals surface area contributed by atoms with Gasteiger partial charge in [-0.2, -0.15) is 24.4 Å². The molecule has 1 N–H and O–H groups in total. The topological polar surface area (TPSA) is 55.4 Å². The lowest BCUT2D eigenvalue weighted by molar-refractivity contribution is -0.145. The average Bonchev–Trinajstić information content (AvgIpc) is 2.82. The molecule has 4 unspecified atom stereocenters. The van der Waals surface area contributed by atoms with Crippen LogP contribution in [0, 0.1) is 23.7 Å². The summed E-state index contributed by atoms with van der Waals surface area (Å²) >= 11 is 6.11. The molecule has 0 aliphatic rings. The first-order chi connectivity index (χ1) is 15.9. The summed E-state index contributed by atoms with van der Waals surface area (Å²) in [4.78, 5) is 25.6. The second-order valence-electron chi connectivity index (χ2n) is 8.97. The summed E-state index contributed by atoms with van der Waals surface area (Å²) in [5.74, 6) is 2.36. The van der Waals surface area contributed by atoms with Gasteiger partial charge in [0, 0.05) is 5.92 Å². The van der Waals surface area contributed by atoms with Gasteiger partial charge in [0.25, 0.3) is 0 Å². The van der Waals surface area contributed by atoms with E-state index in [9.17, 15) is 9.59 Å².